The molecule has 1 aliphatic rings. The van der Waals surface area contributed by atoms with Crippen molar-refractivity contribution in [1.82, 2.24) is 4.98 Å². The molecule has 0 spiro atoms. The Kier molecular flexibility index (Phi) is 3.49. The molecule has 15 heavy (non-hydrogen) atoms. The summed E-state index contributed by atoms with van der Waals surface area (Å²) in [5.41, 5.74) is 0. The zero-order valence-corrected chi connectivity index (χ0v) is 10.3. The molecule has 1 aromatic heterocycles. The van der Waals surface area contributed by atoms with E-state index < -0.39 is 0 Å². The minimum absolute atomic E-state index is 0.0140. The molecular formula is C10H15ClN2OS. The molecule has 1 atom stereocenters. The number of nitrogens with zero attached hydrogens (tertiary/aromatic N) is 2. The van der Waals surface area contributed by atoms with Crippen LogP contribution in [0.2, 0.25) is 5.15 Å². The standard InChI is InChI=1S/C10H15ClN2OS/c1-7-3-2-4-13(5-7)10-12-9(11)8(6-14)15-10/h7,14H,2-6H2,1H3. The van der Waals surface area contributed by atoms with E-state index in [0.717, 1.165) is 29.0 Å². The van der Waals surface area contributed by atoms with E-state index in [1.165, 1.54) is 24.2 Å². The van der Waals surface area contributed by atoms with Crippen LogP contribution in [0.15, 0.2) is 0 Å². The quantitative estimate of drug-likeness (QED) is 0.871. The molecule has 0 amide bonds. The van der Waals surface area contributed by atoms with E-state index in [0.29, 0.717) is 5.15 Å². The third-order valence-electron chi connectivity index (χ3n) is 2.71. The molecule has 0 aromatic carbocycles. The van der Waals surface area contributed by atoms with Gasteiger partial charge in [-0.05, 0) is 18.8 Å². The monoisotopic (exact) mass is 246 g/mol. The molecule has 0 saturated carbocycles. The lowest BCUT2D eigenvalue weighted by molar-refractivity contribution is 0.285. The minimum atomic E-state index is -0.0140. The molecule has 1 fully saturated rings. The summed E-state index contributed by atoms with van der Waals surface area (Å²) in [6.45, 7) is 4.35. The molecule has 1 N–H and O–H groups in total. The molecule has 0 radical (unpaired) electrons. The van der Waals surface area contributed by atoms with E-state index in [1.54, 1.807) is 0 Å². The Morgan fingerprint density at radius 3 is 3.07 bits per heavy atom. The Morgan fingerprint density at radius 1 is 1.67 bits per heavy atom. The van der Waals surface area contributed by atoms with E-state index >= 15 is 0 Å². The van der Waals surface area contributed by atoms with Crippen molar-refractivity contribution in [2.75, 3.05) is 18.0 Å². The fourth-order valence-electron chi connectivity index (χ4n) is 1.92. The molecule has 3 nitrogen and oxygen atoms in total. The lowest BCUT2D eigenvalue weighted by Gasteiger charge is -2.30. The van der Waals surface area contributed by atoms with Crippen LogP contribution in [-0.4, -0.2) is 23.2 Å². The summed E-state index contributed by atoms with van der Waals surface area (Å²) in [7, 11) is 0. The smallest absolute Gasteiger partial charge is 0.187 e. The topological polar surface area (TPSA) is 36.4 Å². The molecule has 84 valence electrons. The number of aliphatic hydroxyl groups is 1. The largest absolute Gasteiger partial charge is 0.391 e. The third kappa shape index (κ3) is 2.44. The van der Waals surface area contributed by atoms with Gasteiger partial charge in [0.15, 0.2) is 5.13 Å². The van der Waals surface area contributed by atoms with E-state index in [9.17, 15) is 0 Å². The second kappa shape index (κ2) is 4.68. The van der Waals surface area contributed by atoms with Gasteiger partial charge >= 0.3 is 0 Å². The average Bonchev–Trinajstić information content (AvgIpc) is 2.60. The molecule has 0 aliphatic carbocycles. The fourth-order valence-corrected chi connectivity index (χ4v) is 3.07. The third-order valence-corrected chi connectivity index (χ3v) is 4.24. The first-order valence-electron chi connectivity index (χ1n) is 5.21. The van der Waals surface area contributed by atoms with Crippen LogP contribution in [0.4, 0.5) is 5.13 Å². The maximum atomic E-state index is 9.05. The van der Waals surface area contributed by atoms with Gasteiger partial charge in [-0.25, -0.2) is 4.98 Å². The van der Waals surface area contributed by atoms with Crippen molar-refractivity contribution in [3.05, 3.63) is 10.0 Å². The van der Waals surface area contributed by atoms with Gasteiger partial charge in [0.05, 0.1) is 11.5 Å². The maximum absolute atomic E-state index is 9.05. The first-order chi connectivity index (χ1) is 7.20. The molecule has 2 heterocycles. The van der Waals surface area contributed by atoms with Gasteiger partial charge in [-0.3, -0.25) is 0 Å². The van der Waals surface area contributed by atoms with Crippen molar-refractivity contribution in [1.29, 1.82) is 0 Å². The Bertz CT molecular complexity index is 342. The summed E-state index contributed by atoms with van der Waals surface area (Å²) in [5, 5.41) is 10.5. The molecule has 1 aliphatic heterocycles. The van der Waals surface area contributed by atoms with Crippen LogP contribution in [0.25, 0.3) is 0 Å². The van der Waals surface area contributed by atoms with Crippen LogP contribution >= 0.6 is 22.9 Å². The highest BCUT2D eigenvalue weighted by Crippen LogP contribution is 2.31. The fraction of sp³-hybridized carbons (Fsp3) is 0.700. The highest BCUT2D eigenvalue weighted by Gasteiger charge is 2.20. The van der Waals surface area contributed by atoms with E-state index in [4.69, 9.17) is 16.7 Å². The number of aliphatic hydroxyl groups excluding tert-OH is 1. The minimum Gasteiger partial charge on any atom is -0.391 e. The summed E-state index contributed by atoms with van der Waals surface area (Å²) in [6, 6.07) is 0. The highest BCUT2D eigenvalue weighted by atomic mass is 35.5. The van der Waals surface area contributed by atoms with Crippen LogP contribution in [0.5, 0.6) is 0 Å². The summed E-state index contributed by atoms with van der Waals surface area (Å²) in [5.74, 6) is 0.721. The Hall–Kier alpha value is -0.320. The van der Waals surface area contributed by atoms with Gasteiger partial charge < -0.3 is 10.0 Å². The molecular weight excluding hydrogens is 232 g/mol. The summed E-state index contributed by atoms with van der Waals surface area (Å²) in [6.07, 6.45) is 2.51. The van der Waals surface area contributed by atoms with Crippen molar-refractivity contribution < 1.29 is 5.11 Å². The van der Waals surface area contributed by atoms with Gasteiger partial charge in [-0.2, -0.15) is 0 Å². The van der Waals surface area contributed by atoms with Crippen LogP contribution < -0.4 is 4.90 Å². The van der Waals surface area contributed by atoms with Crippen molar-refractivity contribution in [2.24, 2.45) is 5.92 Å². The lowest BCUT2D eigenvalue weighted by atomic mass is 10.0. The SMILES string of the molecule is CC1CCCN(c2nc(Cl)c(CO)s2)C1. The predicted octanol–water partition coefficient (Wildman–Crippen LogP) is 2.53. The maximum Gasteiger partial charge on any atom is 0.187 e. The van der Waals surface area contributed by atoms with Crippen LogP contribution in [0.3, 0.4) is 0 Å². The van der Waals surface area contributed by atoms with Gasteiger partial charge in [0.1, 0.15) is 5.15 Å². The van der Waals surface area contributed by atoms with Gasteiger partial charge in [0.25, 0.3) is 0 Å². The first-order valence-corrected chi connectivity index (χ1v) is 6.41. The predicted molar refractivity (Wildman–Crippen MR) is 63.7 cm³/mol. The second-order valence-electron chi connectivity index (χ2n) is 4.06. The lowest BCUT2D eigenvalue weighted by Crippen LogP contribution is -2.34. The average molecular weight is 247 g/mol. The Labute approximate surface area is 98.7 Å². The van der Waals surface area contributed by atoms with Crippen LogP contribution in [-0.2, 0) is 6.61 Å². The van der Waals surface area contributed by atoms with Crippen LogP contribution in [0, 0.1) is 5.92 Å². The Morgan fingerprint density at radius 2 is 2.47 bits per heavy atom. The first kappa shape index (κ1) is 11.2. The molecule has 2 rings (SSSR count). The van der Waals surface area contributed by atoms with Crippen molar-refractivity contribution >= 4 is 28.1 Å². The van der Waals surface area contributed by atoms with Crippen molar-refractivity contribution in [2.45, 2.75) is 26.4 Å². The highest BCUT2D eigenvalue weighted by molar-refractivity contribution is 7.16. The van der Waals surface area contributed by atoms with E-state index in [-0.39, 0.29) is 6.61 Å². The molecule has 0 bridgehead atoms. The molecule has 1 unspecified atom stereocenters. The van der Waals surface area contributed by atoms with E-state index in [1.807, 2.05) is 0 Å². The van der Waals surface area contributed by atoms with Gasteiger partial charge in [-0.15, -0.1) is 0 Å². The van der Waals surface area contributed by atoms with E-state index in [2.05, 4.69) is 16.8 Å². The van der Waals surface area contributed by atoms with Crippen molar-refractivity contribution in [3.63, 3.8) is 0 Å². The van der Waals surface area contributed by atoms with Gasteiger partial charge in [0, 0.05) is 13.1 Å². The second-order valence-corrected chi connectivity index (χ2v) is 5.48. The zero-order chi connectivity index (χ0) is 10.8. The number of thiazole rings is 1. The number of anilines is 1. The van der Waals surface area contributed by atoms with Gasteiger partial charge in [0.2, 0.25) is 0 Å². The number of rotatable bonds is 2. The molecule has 1 saturated heterocycles. The summed E-state index contributed by atoms with van der Waals surface area (Å²) in [4.78, 5) is 7.33. The number of aromatic nitrogens is 1. The number of piperidine rings is 1. The number of hydrogen-bond donors (Lipinski definition) is 1. The van der Waals surface area contributed by atoms with Gasteiger partial charge in [-0.1, -0.05) is 29.9 Å². The molecule has 1 aromatic rings. The Balaban J connectivity index is 2.14. The van der Waals surface area contributed by atoms with Crippen LogP contribution in [0.1, 0.15) is 24.6 Å². The summed E-state index contributed by atoms with van der Waals surface area (Å²) >= 11 is 7.41. The zero-order valence-electron chi connectivity index (χ0n) is 8.74. The number of hydrogen-bond acceptors (Lipinski definition) is 4. The molecule has 5 heteroatoms. The summed E-state index contributed by atoms with van der Waals surface area (Å²) < 4.78 is 0. The van der Waals surface area contributed by atoms with Crippen molar-refractivity contribution in [3.8, 4) is 0 Å². The number of halogens is 1. The normalized spacial score (nSPS) is 22.1.